The topological polar surface area (TPSA) is 97.0 Å². The van der Waals surface area contributed by atoms with E-state index in [1.807, 2.05) is 33.7 Å². The summed E-state index contributed by atoms with van der Waals surface area (Å²) in [5, 5.41) is 3.91. The lowest BCUT2D eigenvalue weighted by Gasteiger charge is -2.32. The van der Waals surface area contributed by atoms with Crippen LogP contribution in [0.3, 0.4) is 0 Å². The average molecular weight is 435 g/mol. The second-order valence-corrected chi connectivity index (χ2v) is 7.95. The Labute approximate surface area is 182 Å². The number of para-hydroxylation sites is 2. The van der Waals surface area contributed by atoms with Gasteiger partial charge in [-0.05, 0) is 49.2 Å². The predicted octanol–water partition coefficient (Wildman–Crippen LogP) is 3.32. The Hall–Kier alpha value is -3.75. The van der Waals surface area contributed by atoms with Crippen LogP contribution < -0.4 is 5.69 Å². The standard InChI is InChI=1S/C23H22FN5O3/c24-16-7-5-15(6-8-16)22-26-20(32-27-22)9-10-21(30)28-13-11-17(12-14-28)29-19-4-2-1-3-18(19)25-23(29)31/h1-8,17H,9-14H2,(H,25,31). The molecule has 1 fully saturated rings. The predicted molar refractivity (Wildman–Crippen MR) is 115 cm³/mol. The van der Waals surface area contributed by atoms with Crippen molar-refractivity contribution in [3.05, 3.63) is 70.7 Å². The minimum absolute atomic E-state index is 0.0243. The number of H-pyrrole nitrogens is 1. The number of nitrogens with one attached hydrogen (secondary N) is 1. The van der Waals surface area contributed by atoms with Crippen molar-refractivity contribution in [2.75, 3.05) is 13.1 Å². The Morgan fingerprint density at radius 3 is 2.66 bits per heavy atom. The highest BCUT2D eigenvalue weighted by Gasteiger charge is 2.26. The largest absolute Gasteiger partial charge is 0.343 e. The molecular weight excluding hydrogens is 413 g/mol. The van der Waals surface area contributed by atoms with Gasteiger partial charge in [-0.3, -0.25) is 9.36 Å². The van der Waals surface area contributed by atoms with Crippen LogP contribution in [0.25, 0.3) is 22.4 Å². The van der Waals surface area contributed by atoms with Crippen molar-refractivity contribution < 1.29 is 13.7 Å². The van der Waals surface area contributed by atoms with E-state index in [2.05, 4.69) is 15.1 Å². The first-order chi connectivity index (χ1) is 15.6. The van der Waals surface area contributed by atoms with Crippen LogP contribution in [0.1, 0.15) is 31.2 Å². The fourth-order valence-electron chi connectivity index (χ4n) is 4.25. The maximum atomic E-state index is 13.1. The van der Waals surface area contributed by atoms with Crippen LogP contribution in [0.15, 0.2) is 57.8 Å². The summed E-state index contributed by atoms with van der Waals surface area (Å²) in [5.74, 6) is 0.438. The molecule has 0 saturated carbocycles. The molecule has 0 aliphatic carbocycles. The summed E-state index contributed by atoms with van der Waals surface area (Å²) in [6.07, 6.45) is 2.06. The molecule has 8 nitrogen and oxygen atoms in total. The van der Waals surface area contributed by atoms with Crippen LogP contribution >= 0.6 is 0 Å². The quantitative estimate of drug-likeness (QED) is 0.519. The van der Waals surface area contributed by atoms with E-state index in [4.69, 9.17) is 4.52 Å². The van der Waals surface area contributed by atoms with Crippen molar-refractivity contribution in [2.24, 2.45) is 0 Å². The third-order valence-electron chi connectivity index (χ3n) is 5.93. The van der Waals surface area contributed by atoms with Crippen LogP contribution in [-0.2, 0) is 11.2 Å². The van der Waals surface area contributed by atoms with Gasteiger partial charge in [0.15, 0.2) is 0 Å². The number of fused-ring (bicyclic) bond motifs is 1. The molecule has 0 bridgehead atoms. The van der Waals surface area contributed by atoms with Crippen molar-refractivity contribution in [1.82, 2.24) is 24.6 Å². The van der Waals surface area contributed by atoms with E-state index < -0.39 is 0 Å². The second-order valence-electron chi connectivity index (χ2n) is 7.95. The summed E-state index contributed by atoms with van der Waals surface area (Å²) in [5.41, 5.74) is 2.28. The van der Waals surface area contributed by atoms with Gasteiger partial charge in [0.1, 0.15) is 5.82 Å². The second kappa shape index (κ2) is 8.41. The minimum Gasteiger partial charge on any atom is -0.343 e. The van der Waals surface area contributed by atoms with E-state index in [0.717, 1.165) is 23.9 Å². The van der Waals surface area contributed by atoms with E-state index >= 15 is 0 Å². The van der Waals surface area contributed by atoms with Gasteiger partial charge in [-0.2, -0.15) is 4.98 Å². The molecule has 0 radical (unpaired) electrons. The van der Waals surface area contributed by atoms with Crippen molar-refractivity contribution in [3.8, 4) is 11.4 Å². The van der Waals surface area contributed by atoms with Gasteiger partial charge in [0.2, 0.25) is 17.6 Å². The van der Waals surface area contributed by atoms with E-state index in [-0.39, 0.29) is 29.9 Å². The molecule has 0 spiro atoms. The van der Waals surface area contributed by atoms with E-state index in [9.17, 15) is 14.0 Å². The lowest BCUT2D eigenvalue weighted by atomic mass is 10.0. The molecule has 1 aliphatic heterocycles. The number of likely N-dealkylation sites (tertiary alicyclic amines) is 1. The Morgan fingerprint density at radius 1 is 1.12 bits per heavy atom. The van der Waals surface area contributed by atoms with Gasteiger partial charge in [0.25, 0.3) is 0 Å². The molecule has 164 valence electrons. The zero-order valence-electron chi connectivity index (χ0n) is 17.3. The van der Waals surface area contributed by atoms with E-state index in [1.165, 1.54) is 12.1 Å². The van der Waals surface area contributed by atoms with Crippen LogP contribution in [-0.4, -0.2) is 43.6 Å². The van der Waals surface area contributed by atoms with E-state index in [1.54, 1.807) is 12.1 Å². The number of aromatic nitrogens is 4. The monoisotopic (exact) mass is 435 g/mol. The van der Waals surface area contributed by atoms with Crippen molar-refractivity contribution >= 4 is 16.9 Å². The van der Waals surface area contributed by atoms with Gasteiger partial charge in [0.05, 0.1) is 11.0 Å². The first-order valence-corrected chi connectivity index (χ1v) is 10.6. The van der Waals surface area contributed by atoms with Crippen molar-refractivity contribution in [1.29, 1.82) is 0 Å². The molecule has 1 aliphatic rings. The highest BCUT2D eigenvalue weighted by atomic mass is 19.1. The lowest BCUT2D eigenvalue weighted by Crippen LogP contribution is -2.40. The minimum atomic E-state index is -0.332. The molecule has 1 amide bonds. The summed E-state index contributed by atoms with van der Waals surface area (Å²) in [6, 6.07) is 13.6. The van der Waals surface area contributed by atoms with Crippen LogP contribution in [0.4, 0.5) is 4.39 Å². The lowest BCUT2D eigenvalue weighted by molar-refractivity contribution is -0.132. The fraction of sp³-hybridized carbons (Fsp3) is 0.304. The van der Waals surface area contributed by atoms with Gasteiger partial charge >= 0.3 is 5.69 Å². The first-order valence-electron chi connectivity index (χ1n) is 10.6. The van der Waals surface area contributed by atoms with Crippen molar-refractivity contribution in [3.63, 3.8) is 0 Å². The Bertz CT molecular complexity index is 1300. The number of rotatable bonds is 5. The summed E-state index contributed by atoms with van der Waals surface area (Å²) in [7, 11) is 0. The summed E-state index contributed by atoms with van der Waals surface area (Å²) in [4.78, 5) is 34.1. The van der Waals surface area contributed by atoms with Crippen LogP contribution in [0, 0.1) is 5.82 Å². The molecule has 3 heterocycles. The van der Waals surface area contributed by atoms with Gasteiger partial charge in [0, 0.05) is 37.5 Å². The van der Waals surface area contributed by atoms with Gasteiger partial charge < -0.3 is 14.4 Å². The van der Waals surface area contributed by atoms with E-state index in [0.29, 0.717) is 36.8 Å². The fourth-order valence-corrected chi connectivity index (χ4v) is 4.25. The maximum absolute atomic E-state index is 13.1. The number of piperidine rings is 1. The highest BCUT2D eigenvalue weighted by Crippen LogP contribution is 2.25. The number of hydrogen-bond donors (Lipinski definition) is 1. The normalized spacial score (nSPS) is 14.8. The molecule has 0 atom stereocenters. The molecule has 2 aromatic carbocycles. The Balaban J connectivity index is 1.17. The zero-order chi connectivity index (χ0) is 22.1. The molecule has 1 N–H and O–H groups in total. The zero-order valence-corrected chi connectivity index (χ0v) is 17.3. The molecule has 32 heavy (non-hydrogen) atoms. The molecule has 0 unspecified atom stereocenters. The number of carbonyl (C=O) groups is 1. The highest BCUT2D eigenvalue weighted by molar-refractivity contribution is 5.77. The summed E-state index contributed by atoms with van der Waals surface area (Å²) < 4.78 is 20.1. The molecular formula is C23H22FN5O3. The molecule has 9 heteroatoms. The first kappa shape index (κ1) is 20.2. The molecule has 5 rings (SSSR count). The number of halogens is 1. The van der Waals surface area contributed by atoms with Gasteiger partial charge in [-0.15, -0.1) is 0 Å². The van der Waals surface area contributed by atoms with Crippen LogP contribution in [0.5, 0.6) is 0 Å². The van der Waals surface area contributed by atoms with Gasteiger partial charge in [-0.1, -0.05) is 17.3 Å². The number of benzene rings is 2. The Kier molecular flexibility index (Phi) is 5.30. The van der Waals surface area contributed by atoms with Gasteiger partial charge in [-0.25, -0.2) is 9.18 Å². The number of aryl methyl sites for hydroxylation is 1. The van der Waals surface area contributed by atoms with Crippen LogP contribution in [0.2, 0.25) is 0 Å². The maximum Gasteiger partial charge on any atom is 0.326 e. The Morgan fingerprint density at radius 2 is 1.88 bits per heavy atom. The molecule has 1 saturated heterocycles. The number of imidazole rings is 1. The number of carbonyl (C=O) groups excluding carboxylic acids is 1. The average Bonchev–Trinajstić information content (AvgIpc) is 3.42. The van der Waals surface area contributed by atoms with Crippen molar-refractivity contribution in [2.45, 2.75) is 31.7 Å². The number of amides is 1. The SMILES string of the molecule is O=C(CCc1nc(-c2ccc(F)cc2)no1)N1CCC(n2c(=O)[nH]c3ccccc32)CC1. The summed E-state index contributed by atoms with van der Waals surface area (Å²) in [6.45, 7) is 1.19. The molecule has 4 aromatic rings. The summed E-state index contributed by atoms with van der Waals surface area (Å²) >= 11 is 0. The third kappa shape index (κ3) is 3.93. The number of aromatic amines is 1. The number of hydrogen-bond acceptors (Lipinski definition) is 5. The third-order valence-corrected chi connectivity index (χ3v) is 5.93. The molecule has 2 aromatic heterocycles. The number of nitrogens with zero attached hydrogens (tertiary/aromatic N) is 4. The smallest absolute Gasteiger partial charge is 0.326 e.